The van der Waals surface area contributed by atoms with Gasteiger partial charge in [0.05, 0.1) is 12.2 Å². The second-order valence-electron chi connectivity index (χ2n) is 6.78. The lowest BCUT2D eigenvalue weighted by atomic mass is 9.90. The van der Waals surface area contributed by atoms with E-state index in [1.165, 1.54) is 0 Å². The van der Waals surface area contributed by atoms with Crippen LogP contribution >= 0.6 is 11.6 Å². The van der Waals surface area contributed by atoms with Crippen molar-refractivity contribution >= 4 is 11.6 Å². The lowest BCUT2D eigenvalue weighted by Gasteiger charge is -2.20. The molecule has 165 valence electrons. The van der Waals surface area contributed by atoms with Crippen LogP contribution in [0.4, 0.5) is 13.2 Å². The molecule has 2 aromatic rings. The van der Waals surface area contributed by atoms with Crippen molar-refractivity contribution in [2.45, 2.75) is 44.7 Å². The van der Waals surface area contributed by atoms with Gasteiger partial charge in [-0.2, -0.15) is 13.2 Å². The van der Waals surface area contributed by atoms with Gasteiger partial charge in [-0.05, 0) is 36.5 Å². The predicted octanol–water partition coefficient (Wildman–Crippen LogP) is 7.07. The third kappa shape index (κ3) is 6.77. The highest BCUT2D eigenvalue weighted by Gasteiger charge is 2.32. The lowest BCUT2D eigenvalue weighted by Crippen LogP contribution is -2.07. The molecule has 0 fully saturated rings. The Morgan fingerprint density at radius 3 is 2.57 bits per heavy atom. The van der Waals surface area contributed by atoms with Gasteiger partial charge in [-0.1, -0.05) is 44.4 Å². The topological polar surface area (TPSA) is 40.6 Å². The number of hydrogen-bond acceptors (Lipinski definition) is 4. The first kappa shape index (κ1) is 24.3. The van der Waals surface area contributed by atoms with Gasteiger partial charge in [-0.25, -0.2) is 4.98 Å². The molecule has 1 radical (unpaired) electrons. The van der Waals surface area contributed by atoms with Crippen molar-refractivity contribution in [1.29, 1.82) is 0 Å². The van der Waals surface area contributed by atoms with E-state index in [0.29, 0.717) is 37.3 Å². The molecule has 0 bridgehead atoms. The van der Waals surface area contributed by atoms with Gasteiger partial charge in [-0.15, -0.1) is 0 Å². The van der Waals surface area contributed by atoms with Gasteiger partial charge >= 0.3 is 6.18 Å². The Morgan fingerprint density at radius 2 is 1.97 bits per heavy atom. The fraction of sp³-hybridized carbons (Fsp3) is 0.455. The van der Waals surface area contributed by atoms with Crippen molar-refractivity contribution < 1.29 is 27.4 Å². The van der Waals surface area contributed by atoms with E-state index in [0.717, 1.165) is 30.9 Å². The Kier molecular flexibility index (Phi) is 9.24. The smallest absolute Gasteiger partial charge is 0.417 e. The summed E-state index contributed by atoms with van der Waals surface area (Å²) in [5.74, 6) is 1.01. The number of benzene rings is 1. The number of pyridine rings is 1. The van der Waals surface area contributed by atoms with E-state index in [9.17, 15) is 13.2 Å². The van der Waals surface area contributed by atoms with Gasteiger partial charge in [0.15, 0.2) is 0 Å². The minimum absolute atomic E-state index is 0.0988. The molecule has 0 N–H and O–H groups in total. The first-order valence-electron chi connectivity index (χ1n) is 9.75. The maximum absolute atomic E-state index is 12.9. The predicted molar refractivity (Wildman–Crippen MR) is 110 cm³/mol. The zero-order valence-corrected chi connectivity index (χ0v) is 17.9. The Labute approximate surface area is 180 Å². The SMILES string of the molecule is [CH2]CC(CCCC)c1ccc(OCCOC)cc1Oc1ncc(C(F)(F)F)cc1Cl. The van der Waals surface area contributed by atoms with Gasteiger partial charge in [-0.3, -0.25) is 0 Å². The largest absolute Gasteiger partial charge is 0.491 e. The van der Waals surface area contributed by atoms with Crippen molar-refractivity contribution in [3.63, 3.8) is 0 Å². The highest BCUT2D eigenvalue weighted by molar-refractivity contribution is 6.31. The number of alkyl halides is 3. The fourth-order valence-electron chi connectivity index (χ4n) is 2.94. The first-order chi connectivity index (χ1) is 14.3. The van der Waals surface area contributed by atoms with Crippen molar-refractivity contribution in [1.82, 2.24) is 4.98 Å². The quantitative estimate of drug-likeness (QED) is 0.347. The maximum atomic E-state index is 12.9. The second-order valence-corrected chi connectivity index (χ2v) is 7.19. The van der Waals surface area contributed by atoms with Crippen LogP contribution in [-0.4, -0.2) is 25.3 Å². The molecule has 1 atom stereocenters. The van der Waals surface area contributed by atoms with Gasteiger partial charge < -0.3 is 14.2 Å². The van der Waals surface area contributed by atoms with Crippen LogP contribution in [0.5, 0.6) is 17.4 Å². The molecule has 0 aliphatic carbocycles. The summed E-state index contributed by atoms with van der Waals surface area (Å²) in [6, 6.07) is 6.21. The zero-order valence-electron chi connectivity index (χ0n) is 17.1. The van der Waals surface area contributed by atoms with E-state index in [1.807, 2.05) is 12.1 Å². The molecule has 30 heavy (non-hydrogen) atoms. The van der Waals surface area contributed by atoms with E-state index in [4.69, 9.17) is 25.8 Å². The third-order valence-electron chi connectivity index (χ3n) is 4.58. The van der Waals surface area contributed by atoms with Crippen LogP contribution in [0.1, 0.15) is 49.7 Å². The molecular weight excluding hydrogens is 419 g/mol. The van der Waals surface area contributed by atoms with Crippen LogP contribution < -0.4 is 9.47 Å². The summed E-state index contributed by atoms with van der Waals surface area (Å²) >= 11 is 6.03. The van der Waals surface area contributed by atoms with Crippen molar-refractivity contribution in [3.05, 3.63) is 53.5 Å². The average Bonchev–Trinajstić information content (AvgIpc) is 2.70. The lowest BCUT2D eigenvalue weighted by molar-refractivity contribution is -0.137. The van der Waals surface area contributed by atoms with Gasteiger partial charge in [0, 0.05) is 19.4 Å². The van der Waals surface area contributed by atoms with Gasteiger partial charge in [0.1, 0.15) is 23.1 Å². The molecule has 0 amide bonds. The number of rotatable bonds is 11. The van der Waals surface area contributed by atoms with Gasteiger partial charge in [0.2, 0.25) is 5.88 Å². The van der Waals surface area contributed by atoms with Gasteiger partial charge in [0.25, 0.3) is 0 Å². The average molecular weight is 445 g/mol. The van der Waals surface area contributed by atoms with Crippen molar-refractivity contribution in [2.24, 2.45) is 0 Å². The van der Waals surface area contributed by atoms with E-state index in [1.54, 1.807) is 13.2 Å². The van der Waals surface area contributed by atoms with E-state index < -0.39 is 11.7 Å². The Balaban J connectivity index is 2.37. The van der Waals surface area contributed by atoms with E-state index >= 15 is 0 Å². The summed E-state index contributed by atoms with van der Waals surface area (Å²) in [5.41, 5.74) is -0.0504. The Morgan fingerprint density at radius 1 is 1.20 bits per heavy atom. The molecule has 0 saturated carbocycles. The van der Waals surface area contributed by atoms with Crippen LogP contribution in [-0.2, 0) is 10.9 Å². The standard InChI is InChI=1S/C22H26ClF3NO3/c1-4-6-7-15(5-2)18-9-8-17(29-11-10-28-3)13-20(18)30-21-19(23)12-16(14-27-21)22(24,25)26/h8-9,12-15H,2,4-7,10-11H2,1,3H3. The minimum atomic E-state index is -4.53. The monoisotopic (exact) mass is 444 g/mol. The molecule has 0 spiro atoms. The molecule has 2 rings (SSSR count). The molecule has 0 aliphatic rings. The number of ether oxygens (including phenoxy) is 3. The number of methoxy groups -OCH3 is 1. The molecule has 4 nitrogen and oxygen atoms in total. The van der Waals surface area contributed by atoms with Crippen LogP contribution in [0.3, 0.4) is 0 Å². The Hall–Kier alpha value is -1.99. The summed E-state index contributed by atoms with van der Waals surface area (Å²) in [7, 11) is 1.58. The van der Waals surface area contributed by atoms with Crippen molar-refractivity contribution in [2.75, 3.05) is 20.3 Å². The number of halogens is 4. The summed E-state index contributed by atoms with van der Waals surface area (Å²) in [6.45, 7) is 6.91. The Bertz CT molecular complexity index is 815. The number of unbranched alkanes of at least 4 members (excludes halogenated alkanes) is 1. The fourth-order valence-corrected chi connectivity index (χ4v) is 3.14. The van der Waals surface area contributed by atoms with Crippen LogP contribution in [0.25, 0.3) is 0 Å². The molecule has 1 aromatic carbocycles. The third-order valence-corrected chi connectivity index (χ3v) is 4.85. The maximum Gasteiger partial charge on any atom is 0.417 e. The van der Waals surface area contributed by atoms with Crippen LogP contribution in [0.15, 0.2) is 30.5 Å². The van der Waals surface area contributed by atoms with Crippen molar-refractivity contribution in [3.8, 4) is 17.4 Å². The van der Waals surface area contributed by atoms with Crippen LogP contribution in [0, 0.1) is 6.92 Å². The van der Waals surface area contributed by atoms with Crippen LogP contribution in [0.2, 0.25) is 5.02 Å². The summed E-state index contributed by atoms with van der Waals surface area (Å²) < 4.78 is 55.2. The second kappa shape index (κ2) is 11.4. The summed E-state index contributed by atoms with van der Waals surface area (Å²) in [6.07, 6.45) is -0.213. The number of aromatic nitrogens is 1. The summed E-state index contributed by atoms with van der Waals surface area (Å²) in [5, 5.41) is -0.221. The molecule has 1 heterocycles. The molecule has 1 unspecified atom stereocenters. The molecule has 1 aromatic heterocycles. The minimum Gasteiger partial charge on any atom is -0.491 e. The molecule has 0 aliphatic heterocycles. The van der Waals surface area contributed by atoms with E-state index in [-0.39, 0.29) is 16.8 Å². The summed E-state index contributed by atoms with van der Waals surface area (Å²) in [4.78, 5) is 3.78. The molecule has 0 saturated heterocycles. The number of nitrogens with zero attached hydrogens (tertiary/aromatic N) is 1. The highest BCUT2D eigenvalue weighted by Crippen LogP contribution is 2.40. The number of hydrogen-bond donors (Lipinski definition) is 0. The molecular formula is C22H26ClF3NO3. The first-order valence-corrected chi connectivity index (χ1v) is 10.1. The van der Waals surface area contributed by atoms with E-state index in [2.05, 4.69) is 18.8 Å². The zero-order chi connectivity index (χ0) is 22.1. The normalized spacial score (nSPS) is 12.6. The highest BCUT2D eigenvalue weighted by atomic mass is 35.5. The molecule has 8 heteroatoms.